The third-order valence-electron chi connectivity index (χ3n) is 4.60. The van der Waals surface area contributed by atoms with Gasteiger partial charge in [0.05, 0.1) is 25.0 Å². The van der Waals surface area contributed by atoms with Crippen LogP contribution >= 0.6 is 0 Å². The van der Waals surface area contributed by atoms with Crippen LogP contribution in [0.2, 0.25) is 0 Å². The molecule has 0 radical (unpaired) electrons. The molecule has 0 bridgehead atoms. The molecule has 1 N–H and O–H groups in total. The van der Waals surface area contributed by atoms with Crippen molar-refractivity contribution in [2.24, 2.45) is 0 Å². The van der Waals surface area contributed by atoms with E-state index >= 15 is 0 Å². The zero-order chi connectivity index (χ0) is 20.1. The molecule has 0 atom stereocenters. The van der Waals surface area contributed by atoms with Crippen molar-refractivity contribution in [3.8, 4) is 16.9 Å². The summed E-state index contributed by atoms with van der Waals surface area (Å²) < 4.78 is 5.45. The van der Waals surface area contributed by atoms with Crippen molar-refractivity contribution in [1.82, 2.24) is 9.88 Å². The lowest BCUT2D eigenvalue weighted by Crippen LogP contribution is -2.30. The highest BCUT2D eigenvalue weighted by atomic mass is 16.3. The fourth-order valence-corrected chi connectivity index (χ4v) is 3.15. The number of phenolic OH excluding ortho intramolecular Hbond substituents is 1. The van der Waals surface area contributed by atoms with Gasteiger partial charge in [-0.05, 0) is 59.7 Å². The van der Waals surface area contributed by atoms with E-state index in [1.165, 1.54) is 0 Å². The Labute approximate surface area is 168 Å². The third kappa shape index (κ3) is 4.52. The summed E-state index contributed by atoms with van der Waals surface area (Å²) in [7, 11) is 0. The molecule has 5 heteroatoms. The predicted octanol–water partition coefficient (Wildman–Crippen LogP) is 4.89. The summed E-state index contributed by atoms with van der Waals surface area (Å²) in [6.07, 6.45) is 3.32. The van der Waals surface area contributed by atoms with Gasteiger partial charge in [-0.15, -0.1) is 0 Å². The van der Waals surface area contributed by atoms with Gasteiger partial charge < -0.3 is 14.4 Å². The second-order valence-corrected chi connectivity index (χ2v) is 6.69. The van der Waals surface area contributed by atoms with Crippen LogP contribution in [0.5, 0.6) is 5.75 Å². The topological polar surface area (TPSA) is 66.6 Å². The molecular formula is C24H20N2O3. The van der Waals surface area contributed by atoms with Crippen molar-refractivity contribution in [1.29, 1.82) is 0 Å². The van der Waals surface area contributed by atoms with Gasteiger partial charge in [0.15, 0.2) is 0 Å². The first kappa shape index (κ1) is 18.5. The highest BCUT2D eigenvalue weighted by Gasteiger charge is 2.19. The molecule has 4 rings (SSSR count). The molecule has 0 unspecified atom stereocenters. The lowest BCUT2D eigenvalue weighted by Gasteiger charge is -2.22. The highest BCUT2D eigenvalue weighted by molar-refractivity contribution is 5.95. The lowest BCUT2D eigenvalue weighted by atomic mass is 10.0. The van der Waals surface area contributed by atoms with Gasteiger partial charge in [0, 0.05) is 11.8 Å². The van der Waals surface area contributed by atoms with Crippen molar-refractivity contribution in [2.75, 3.05) is 0 Å². The molecule has 0 aliphatic heterocycles. The first-order valence-electron chi connectivity index (χ1n) is 9.30. The molecule has 4 aromatic rings. The molecule has 0 saturated heterocycles. The van der Waals surface area contributed by atoms with E-state index in [1.54, 1.807) is 35.6 Å². The van der Waals surface area contributed by atoms with E-state index in [4.69, 9.17) is 4.42 Å². The van der Waals surface area contributed by atoms with E-state index in [0.717, 1.165) is 16.8 Å². The van der Waals surface area contributed by atoms with Gasteiger partial charge >= 0.3 is 0 Å². The molecule has 5 nitrogen and oxygen atoms in total. The summed E-state index contributed by atoms with van der Waals surface area (Å²) in [5.74, 6) is 0.817. The summed E-state index contributed by atoms with van der Waals surface area (Å²) in [6, 6.07) is 23.7. The van der Waals surface area contributed by atoms with E-state index in [9.17, 15) is 9.90 Å². The van der Waals surface area contributed by atoms with Gasteiger partial charge in [-0.25, -0.2) is 0 Å². The number of amides is 1. The van der Waals surface area contributed by atoms with Crippen LogP contribution in [-0.4, -0.2) is 20.9 Å². The molecular weight excluding hydrogens is 364 g/mol. The summed E-state index contributed by atoms with van der Waals surface area (Å²) in [5.41, 5.74) is 3.23. The largest absolute Gasteiger partial charge is 0.508 e. The number of carbonyl (C=O) groups excluding carboxylic acids is 1. The minimum absolute atomic E-state index is 0.104. The number of hydrogen-bond acceptors (Lipinski definition) is 4. The molecule has 2 aromatic heterocycles. The second-order valence-electron chi connectivity index (χ2n) is 6.69. The molecule has 0 aliphatic carbocycles. The predicted molar refractivity (Wildman–Crippen MR) is 110 cm³/mol. The first-order valence-corrected chi connectivity index (χ1v) is 9.30. The van der Waals surface area contributed by atoms with Crippen LogP contribution in [0.3, 0.4) is 0 Å². The Hall–Kier alpha value is -3.86. The molecule has 1 amide bonds. The Morgan fingerprint density at radius 1 is 0.897 bits per heavy atom. The van der Waals surface area contributed by atoms with Crippen LogP contribution < -0.4 is 0 Å². The summed E-state index contributed by atoms with van der Waals surface area (Å²) >= 11 is 0. The molecule has 0 saturated carbocycles. The number of rotatable bonds is 6. The van der Waals surface area contributed by atoms with Crippen LogP contribution in [0.15, 0.2) is 95.7 Å². The number of carbonyl (C=O) groups is 1. The fourth-order valence-electron chi connectivity index (χ4n) is 3.15. The Balaban J connectivity index is 1.62. The van der Waals surface area contributed by atoms with Crippen molar-refractivity contribution in [2.45, 2.75) is 13.1 Å². The summed E-state index contributed by atoms with van der Waals surface area (Å²) in [5, 5.41) is 9.51. The monoisotopic (exact) mass is 384 g/mol. The Morgan fingerprint density at radius 3 is 2.48 bits per heavy atom. The van der Waals surface area contributed by atoms with Crippen LogP contribution in [0.1, 0.15) is 21.8 Å². The Morgan fingerprint density at radius 2 is 1.76 bits per heavy atom. The van der Waals surface area contributed by atoms with Crippen LogP contribution in [0, 0.1) is 0 Å². The standard InChI is InChI=1S/C24H20N2O3/c27-22-11-9-18(10-12-22)19-5-3-6-20(15-19)24(28)26(17-23-8-4-14-29-23)16-21-7-1-2-13-25-21/h1-15,27H,16-17H2. The minimum atomic E-state index is -0.104. The normalized spacial score (nSPS) is 10.6. The molecule has 2 aromatic carbocycles. The minimum Gasteiger partial charge on any atom is -0.508 e. The average Bonchev–Trinajstić information content (AvgIpc) is 3.27. The van der Waals surface area contributed by atoms with E-state index in [2.05, 4.69) is 4.98 Å². The van der Waals surface area contributed by atoms with Gasteiger partial charge in [-0.1, -0.05) is 30.3 Å². The smallest absolute Gasteiger partial charge is 0.254 e. The van der Waals surface area contributed by atoms with Crippen LogP contribution in [-0.2, 0) is 13.1 Å². The maximum absolute atomic E-state index is 13.3. The number of phenols is 1. The quantitative estimate of drug-likeness (QED) is 0.514. The molecule has 144 valence electrons. The lowest BCUT2D eigenvalue weighted by molar-refractivity contribution is 0.0715. The zero-order valence-electron chi connectivity index (χ0n) is 15.7. The number of furan rings is 1. The highest BCUT2D eigenvalue weighted by Crippen LogP contribution is 2.24. The number of nitrogens with zero attached hydrogens (tertiary/aromatic N) is 2. The van der Waals surface area contributed by atoms with Crippen LogP contribution in [0.4, 0.5) is 0 Å². The van der Waals surface area contributed by atoms with Gasteiger partial charge in [-0.2, -0.15) is 0 Å². The summed E-state index contributed by atoms with van der Waals surface area (Å²) in [6.45, 7) is 0.732. The Kier molecular flexibility index (Phi) is 5.38. The van der Waals surface area contributed by atoms with E-state index in [0.29, 0.717) is 24.4 Å². The maximum Gasteiger partial charge on any atom is 0.254 e. The number of hydrogen-bond donors (Lipinski definition) is 1. The third-order valence-corrected chi connectivity index (χ3v) is 4.60. The number of benzene rings is 2. The molecule has 0 spiro atoms. The maximum atomic E-state index is 13.3. The van der Waals surface area contributed by atoms with E-state index in [-0.39, 0.29) is 11.7 Å². The first-order chi connectivity index (χ1) is 14.2. The second kappa shape index (κ2) is 8.44. The van der Waals surface area contributed by atoms with Crippen LogP contribution in [0.25, 0.3) is 11.1 Å². The SMILES string of the molecule is O=C(c1cccc(-c2ccc(O)cc2)c1)N(Cc1ccccn1)Cc1ccco1. The van der Waals surface area contributed by atoms with Crippen molar-refractivity contribution < 1.29 is 14.3 Å². The van der Waals surface area contributed by atoms with Crippen molar-refractivity contribution in [3.63, 3.8) is 0 Å². The average molecular weight is 384 g/mol. The van der Waals surface area contributed by atoms with Gasteiger partial charge in [0.1, 0.15) is 11.5 Å². The number of pyridine rings is 1. The summed E-state index contributed by atoms with van der Waals surface area (Å²) in [4.78, 5) is 19.4. The molecule has 0 fully saturated rings. The Bertz CT molecular complexity index is 1070. The number of aromatic hydroxyl groups is 1. The molecule has 2 heterocycles. The molecule has 29 heavy (non-hydrogen) atoms. The number of aromatic nitrogens is 1. The van der Waals surface area contributed by atoms with E-state index in [1.807, 2.05) is 60.7 Å². The van der Waals surface area contributed by atoms with Gasteiger partial charge in [0.25, 0.3) is 5.91 Å². The zero-order valence-corrected chi connectivity index (χ0v) is 15.7. The van der Waals surface area contributed by atoms with Crippen molar-refractivity contribution in [3.05, 3.63) is 108 Å². The van der Waals surface area contributed by atoms with Gasteiger partial charge in [0.2, 0.25) is 0 Å². The molecule has 0 aliphatic rings. The van der Waals surface area contributed by atoms with E-state index < -0.39 is 0 Å². The van der Waals surface area contributed by atoms with Gasteiger partial charge in [-0.3, -0.25) is 9.78 Å². The fraction of sp³-hybridized carbons (Fsp3) is 0.0833. The van der Waals surface area contributed by atoms with Crippen molar-refractivity contribution >= 4 is 5.91 Å².